The van der Waals surface area contributed by atoms with Gasteiger partial charge in [0.05, 0.1) is 6.61 Å². The third kappa shape index (κ3) is 3.68. The summed E-state index contributed by atoms with van der Waals surface area (Å²) in [5.74, 6) is 0.508. The molecule has 1 N–H and O–H groups in total. The lowest BCUT2D eigenvalue weighted by Gasteiger charge is -2.35. The number of benzene rings is 1. The van der Waals surface area contributed by atoms with Crippen LogP contribution < -0.4 is 10.1 Å². The molecule has 0 aliphatic carbocycles. The van der Waals surface area contributed by atoms with E-state index in [-0.39, 0.29) is 5.82 Å². The second-order valence-corrected chi connectivity index (χ2v) is 4.45. The summed E-state index contributed by atoms with van der Waals surface area (Å²) in [6, 6.07) is 6.84. The number of nitrogens with zero attached hydrogens (tertiary/aromatic N) is 1. The first-order valence-corrected chi connectivity index (χ1v) is 6.05. The smallest absolute Gasteiger partial charge is 0.123 e. The molecule has 0 aromatic heterocycles. The quantitative estimate of drug-likeness (QED) is 0.760. The van der Waals surface area contributed by atoms with Gasteiger partial charge in [-0.2, -0.15) is 0 Å². The summed E-state index contributed by atoms with van der Waals surface area (Å²) in [6.07, 6.45) is 0.990. The van der Waals surface area contributed by atoms with Crippen molar-refractivity contribution < 1.29 is 9.13 Å². The summed E-state index contributed by atoms with van der Waals surface area (Å²) < 4.78 is 18.2. The summed E-state index contributed by atoms with van der Waals surface area (Å²) in [5, 5.41) is 3.26. The van der Waals surface area contributed by atoms with Gasteiger partial charge in [-0.3, -0.25) is 0 Å². The highest BCUT2D eigenvalue weighted by Crippen LogP contribution is 2.11. The molecule has 4 heteroatoms. The highest BCUT2D eigenvalue weighted by molar-refractivity contribution is 5.21. The molecule has 1 aliphatic rings. The van der Waals surface area contributed by atoms with E-state index in [2.05, 4.69) is 17.3 Å². The molecule has 1 aromatic rings. The van der Waals surface area contributed by atoms with Crippen LogP contribution in [0.4, 0.5) is 4.39 Å². The molecule has 17 heavy (non-hydrogen) atoms. The average molecular weight is 238 g/mol. The molecular weight excluding hydrogens is 219 g/mol. The Morgan fingerprint density at radius 3 is 2.65 bits per heavy atom. The molecule has 1 aliphatic heterocycles. The van der Waals surface area contributed by atoms with Crippen molar-refractivity contribution in [3.8, 4) is 5.75 Å². The molecule has 2 rings (SSSR count). The van der Waals surface area contributed by atoms with Crippen molar-refractivity contribution in [2.75, 3.05) is 33.3 Å². The van der Waals surface area contributed by atoms with Gasteiger partial charge in [-0.05, 0) is 37.7 Å². The van der Waals surface area contributed by atoms with Gasteiger partial charge < -0.3 is 15.0 Å². The molecule has 0 atom stereocenters. The van der Waals surface area contributed by atoms with Crippen molar-refractivity contribution in [2.45, 2.75) is 12.5 Å². The molecule has 0 amide bonds. The van der Waals surface area contributed by atoms with Crippen LogP contribution in [0.15, 0.2) is 24.3 Å². The van der Waals surface area contributed by atoms with E-state index in [1.807, 2.05) is 0 Å². The largest absolute Gasteiger partial charge is 0.494 e. The van der Waals surface area contributed by atoms with Crippen molar-refractivity contribution in [3.63, 3.8) is 0 Å². The second-order valence-electron chi connectivity index (χ2n) is 4.45. The van der Waals surface area contributed by atoms with Crippen LogP contribution >= 0.6 is 0 Å². The molecular formula is C13H19FN2O. The normalized spacial score (nSPS) is 15.9. The van der Waals surface area contributed by atoms with Gasteiger partial charge in [-0.25, -0.2) is 4.39 Å². The van der Waals surface area contributed by atoms with Gasteiger partial charge >= 0.3 is 0 Å². The van der Waals surface area contributed by atoms with Gasteiger partial charge in [0.1, 0.15) is 11.6 Å². The first-order chi connectivity index (χ1) is 8.25. The monoisotopic (exact) mass is 238 g/mol. The van der Waals surface area contributed by atoms with E-state index in [9.17, 15) is 4.39 Å². The van der Waals surface area contributed by atoms with Crippen LogP contribution in [0.25, 0.3) is 0 Å². The molecule has 1 fully saturated rings. The van der Waals surface area contributed by atoms with Crippen LogP contribution in [-0.2, 0) is 0 Å². The van der Waals surface area contributed by atoms with Gasteiger partial charge in [0.2, 0.25) is 0 Å². The maximum Gasteiger partial charge on any atom is 0.123 e. The number of ether oxygens (including phenoxy) is 1. The number of rotatable bonds is 6. The van der Waals surface area contributed by atoms with Crippen molar-refractivity contribution >= 4 is 0 Å². The van der Waals surface area contributed by atoms with E-state index in [1.54, 1.807) is 12.1 Å². The third-order valence-corrected chi connectivity index (χ3v) is 3.12. The Bertz CT molecular complexity index is 338. The van der Waals surface area contributed by atoms with Gasteiger partial charge in [-0.15, -0.1) is 0 Å². The molecule has 1 saturated heterocycles. The predicted molar refractivity (Wildman–Crippen MR) is 65.8 cm³/mol. The van der Waals surface area contributed by atoms with E-state index >= 15 is 0 Å². The lowest BCUT2D eigenvalue weighted by Crippen LogP contribution is -2.56. The van der Waals surface area contributed by atoms with E-state index < -0.39 is 0 Å². The molecule has 0 saturated carbocycles. The van der Waals surface area contributed by atoms with Crippen LogP contribution in [0.1, 0.15) is 6.42 Å². The Hall–Kier alpha value is -1.13. The molecule has 0 unspecified atom stereocenters. The predicted octanol–water partition coefficient (Wildman–Crippen LogP) is 1.50. The Balaban J connectivity index is 1.60. The number of hydrogen-bond acceptors (Lipinski definition) is 3. The fourth-order valence-electron chi connectivity index (χ4n) is 1.80. The molecule has 0 bridgehead atoms. The minimum atomic E-state index is -0.227. The van der Waals surface area contributed by atoms with E-state index in [0.29, 0.717) is 12.6 Å². The first kappa shape index (κ1) is 12.3. The van der Waals surface area contributed by atoms with Crippen molar-refractivity contribution in [1.82, 2.24) is 10.2 Å². The van der Waals surface area contributed by atoms with Crippen molar-refractivity contribution in [3.05, 3.63) is 30.1 Å². The average Bonchev–Trinajstić information content (AvgIpc) is 2.24. The Morgan fingerprint density at radius 2 is 2.06 bits per heavy atom. The molecule has 3 nitrogen and oxygen atoms in total. The summed E-state index contributed by atoms with van der Waals surface area (Å²) >= 11 is 0. The highest BCUT2D eigenvalue weighted by Gasteiger charge is 2.20. The number of halogens is 1. The Labute approximate surface area is 102 Å². The minimum Gasteiger partial charge on any atom is -0.494 e. The Kier molecular flexibility index (Phi) is 4.34. The zero-order valence-corrected chi connectivity index (χ0v) is 10.2. The Morgan fingerprint density at radius 1 is 1.35 bits per heavy atom. The maximum atomic E-state index is 12.6. The van der Waals surface area contributed by atoms with Crippen LogP contribution in [0, 0.1) is 5.82 Å². The van der Waals surface area contributed by atoms with Crippen LogP contribution in [0.5, 0.6) is 5.75 Å². The van der Waals surface area contributed by atoms with Crippen molar-refractivity contribution in [2.24, 2.45) is 0 Å². The van der Waals surface area contributed by atoms with Gasteiger partial charge in [-0.1, -0.05) is 0 Å². The van der Waals surface area contributed by atoms with Crippen molar-refractivity contribution in [1.29, 1.82) is 0 Å². The summed E-state index contributed by atoms with van der Waals surface area (Å²) in [4.78, 5) is 2.35. The third-order valence-electron chi connectivity index (χ3n) is 3.12. The van der Waals surface area contributed by atoms with E-state index in [1.165, 1.54) is 12.1 Å². The van der Waals surface area contributed by atoms with Gasteiger partial charge in [0.15, 0.2) is 0 Å². The fraction of sp³-hybridized carbons (Fsp3) is 0.538. The van der Waals surface area contributed by atoms with E-state index in [0.717, 1.165) is 31.8 Å². The molecule has 0 spiro atoms. The van der Waals surface area contributed by atoms with Crippen LogP contribution in [0.3, 0.4) is 0 Å². The molecule has 1 heterocycles. The standard InChI is InChI=1S/C13H19FN2O/c1-16(12-9-15-10-12)7-2-8-17-13-5-3-11(14)4-6-13/h3-6,12,15H,2,7-10H2,1H3. The fourth-order valence-corrected chi connectivity index (χ4v) is 1.80. The molecule has 94 valence electrons. The van der Waals surface area contributed by atoms with Crippen LogP contribution in [-0.4, -0.2) is 44.2 Å². The summed E-state index contributed by atoms with van der Waals surface area (Å²) in [5.41, 5.74) is 0. The number of hydrogen-bond donors (Lipinski definition) is 1. The SMILES string of the molecule is CN(CCCOc1ccc(F)cc1)C1CNC1. The van der Waals surface area contributed by atoms with Gasteiger partial charge in [0, 0.05) is 25.7 Å². The molecule has 0 radical (unpaired) electrons. The first-order valence-electron chi connectivity index (χ1n) is 6.05. The molecule has 1 aromatic carbocycles. The number of nitrogens with one attached hydrogen (secondary N) is 1. The highest BCUT2D eigenvalue weighted by atomic mass is 19.1. The van der Waals surface area contributed by atoms with Crippen LogP contribution in [0.2, 0.25) is 0 Å². The zero-order chi connectivity index (χ0) is 12.1. The lowest BCUT2D eigenvalue weighted by atomic mass is 10.1. The summed E-state index contributed by atoms with van der Waals surface area (Å²) in [6.45, 7) is 3.90. The zero-order valence-electron chi connectivity index (χ0n) is 10.2. The van der Waals surface area contributed by atoms with E-state index in [4.69, 9.17) is 4.74 Å². The van der Waals surface area contributed by atoms with Gasteiger partial charge in [0.25, 0.3) is 0 Å². The number of likely N-dealkylation sites (N-methyl/N-ethyl adjacent to an activating group) is 1. The minimum absolute atomic E-state index is 0.227. The topological polar surface area (TPSA) is 24.5 Å². The lowest BCUT2D eigenvalue weighted by molar-refractivity contribution is 0.167. The maximum absolute atomic E-state index is 12.6. The second kappa shape index (κ2) is 5.98. The summed E-state index contributed by atoms with van der Waals surface area (Å²) in [7, 11) is 2.14.